The first-order valence-electron chi connectivity index (χ1n) is 4.93. The molecule has 6 heteroatoms. The second-order valence-electron chi connectivity index (χ2n) is 3.56. The molecule has 3 nitrogen and oxygen atoms in total. The van der Waals surface area contributed by atoms with Crippen LogP contribution in [0.4, 0.5) is 13.2 Å². The van der Waals surface area contributed by atoms with Crippen molar-refractivity contribution in [2.45, 2.75) is 6.42 Å². The van der Waals surface area contributed by atoms with Gasteiger partial charge in [0, 0.05) is 0 Å². The minimum absolute atomic E-state index is 0.0531. The Labute approximate surface area is 99.5 Å². The highest BCUT2D eigenvalue weighted by molar-refractivity contribution is 5.70. The molecule has 0 aliphatic heterocycles. The third kappa shape index (κ3) is 2.22. The van der Waals surface area contributed by atoms with Crippen molar-refractivity contribution in [1.29, 1.82) is 0 Å². The Bertz CT molecular complexity index is 605. The van der Waals surface area contributed by atoms with Crippen molar-refractivity contribution in [3.63, 3.8) is 0 Å². The second-order valence-corrected chi connectivity index (χ2v) is 3.56. The standard InChI is InChI=1S/C12H7F3O3/c13-8-3-2-7(11(14)12(8)15)9-4-1-6(18-9)5-10(16)17/h1-4H,5H2,(H,16,17). The van der Waals surface area contributed by atoms with Gasteiger partial charge in [-0.15, -0.1) is 0 Å². The zero-order chi connectivity index (χ0) is 13.3. The summed E-state index contributed by atoms with van der Waals surface area (Å²) in [4.78, 5) is 10.4. The Balaban J connectivity index is 2.40. The summed E-state index contributed by atoms with van der Waals surface area (Å²) in [6.45, 7) is 0. The molecule has 0 aliphatic carbocycles. The molecule has 1 heterocycles. The Morgan fingerprint density at radius 2 is 1.83 bits per heavy atom. The first-order chi connectivity index (χ1) is 8.49. The molecule has 2 rings (SSSR count). The summed E-state index contributed by atoms with van der Waals surface area (Å²) in [6, 6.07) is 4.43. The molecular formula is C12H7F3O3. The van der Waals surface area contributed by atoms with Gasteiger partial charge in [0.25, 0.3) is 0 Å². The zero-order valence-corrected chi connectivity index (χ0v) is 8.91. The fourth-order valence-electron chi connectivity index (χ4n) is 1.48. The largest absolute Gasteiger partial charge is 0.481 e. The van der Waals surface area contributed by atoms with Crippen LogP contribution in [0.15, 0.2) is 28.7 Å². The molecule has 1 aromatic heterocycles. The van der Waals surface area contributed by atoms with E-state index in [2.05, 4.69) is 0 Å². The van der Waals surface area contributed by atoms with Gasteiger partial charge in [0.2, 0.25) is 0 Å². The van der Waals surface area contributed by atoms with Gasteiger partial charge in [0.15, 0.2) is 17.5 Å². The molecule has 1 aromatic carbocycles. The van der Waals surface area contributed by atoms with Gasteiger partial charge in [0.05, 0.1) is 5.56 Å². The maximum atomic E-state index is 13.4. The highest BCUT2D eigenvalue weighted by atomic mass is 19.2. The van der Waals surface area contributed by atoms with Crippen LogP contribution >= 0.6 is 0 Å². The topological polar surface area (TPSA) is 50.4 Å². The van der Waals surface area contributed by atoms with Gasteiger partial charge in [0.1, 0.15) is 17.9 Å². The van der Waals surface area contributed by atoms with Crippen LogP contribution in [0.1, 0.15) is 5.76 Å². The van der Waals surface area contributed by atoms with Crippen LogP contribution in [0.5, 0.6) is 0 Å². The van der Waals surface area contributed by atoms with E-state index in [1.54, 1.807) is 0 Å². The molecule has 94 valence electrons. The number of rotatable bonds is 3. The number of carboxylic acid groups (broad SMARTS) is 1. The second kappa shape index (κ2) is 4.56. The molecule has 1 N–H and O–H groups in total. The summed E-state index contributed by atoms with van der Waals surface area (Å²) in [5, 5.41) is 8.54. The van der Waals surface area contributed by atoms with Crippen molar-refractivity contribution in [2.24, 2.45) is 0 Å². The van der Waals surface area contributed by atoms with Crippen LogP contribution < -0.4 is 0 Å². The number of hydrogen-bond donors (Lipinski definition) is 1. The lowest BCUT2D eigenvalue weighted by Gasteiger charge is -2.01. The summed E-state index contributed by atoms with van der Waals surface area (Å²) in [7, 11) is 0. The fourth-order valence-corrected chi connectivity index (χ4v) is 1.48. The molecule has 0 atom stereocenters. The third-order valence-electron chi connectivity index (χ3n) is 2.29. The molecule has 0 bridgehead atoms. The minimum atomic E-state index is -1.59. The van der Waals surface area contributed by atoms with Crippen molar-refractivity contribution in [3.05, 3.63) is 47.5 Å². The van der Waals surface area contributed by atoms with E-state index in [1.165, 1.54) is 12.1 Å². The van der Waals surface area contributed by atoms with Gasteiger partial charge in [-0.25, -0.2) is 13.2 Å². The highest BCUT2D eigenvalue weighted by Gasteiger charge is 2.17. The summed E-state index contributed by atoms with van der Waals surface area (Å²) < 4.78 is 44.2. The van der Waals surface area contributed by atoms with Crippen LogP contribution in [0.2, 0.25) is 0 Å². The fraction of sp³-hybridized carbons (Fsp3) is 0.0833. The summed E-state index contributed by atoms with van der Waals surface area (Å²) in [6.07, 6.45) is -0.370. The van der Waals surface area contributed by atoms with Gasteiger partial charge < -0.3 is 9.52 Å². The summed E-state index contributed by atoms with van der Waals surface area (Å²) in [5.41, 5.74) is -0.259. The number of hydrogen-bond acceptors (Lipinski definition) is 2. The van der Waals surface area contributed by atoms with Crippen molar-refractivity contribution in [3.8, 4) is 11.3 Å². The SMILES string of the molecule is O=C(O)Cc1ccc(-c2ccc(F)c(F)c2F)o1. The van der Waals surface area contributed by atoms with Crippen LogP contribution in [0.25, 0.3) is 11.3 Å². The number of carboxylic acids is 1. The molecule has 0 unspecified atom stereocenters. The van der Waals surface area contributed by atoms with Gasteiger partial charge in [-0.1, -0.05) is 0 Å². The van der Waals surface area contributed by atoms with E-state index in [0.29, 0.717) is 0 Å². The number of carbonyl (C=O) groups is 1. The molecule has 0 saturated heterocycles. The maximum Gasteiger partial charge on any atom is 0.311 e. The van der Waals surface area contributed by atoms with E-state index >= 15 is 0 Å². The monoisotopic (exact) mass is 256 g/mol. The molecular weight excluding hydrogens is 249 g/mol. The van der Waals surface area contributed by atoms with E-state index in [0.717, 1.165) is 12.1 Å². The van der Waals surface area contributed by atoms with E-state index in [4.69, 9.17) is 9.52 Å². The highest BCUT2D eigenvalue weighted by Crippen LogP contribution is 2.27. The Hall–Kier alpha value is -2.24. The van der Waals surface area contributed by atoms with Gasteiger partial charge in [-0.05, 0) is 24.3 Å². The Morgan fingerprint density at radius 1 is 1.11 bits per heavy atom. The van der Waals surface area contributed by atoms with Gasteiger partial charge >= 0.3 is 5.97 Å². The van der Waals surface area contributed by atoms with E-state index in [-0.39, 0.29) is 23.5 Å². The average Bonchev–Trinajstić information content (AvgIpc) is 2.73. The van der Waals surface area contributed by atoms with E-state index in [9.17, 15) is 18.0 Å². The van der Waals surface area contributed by atoms with Gasteiger partial charge in [-0.2, -0.15) is 0 Å². The first-order valence-corrected chi connectivity index (χ1v) is 4.93. The Kier molecular flexibility index (Phi) is 3.10. The maximum absolute atomic E-state index is 13.4. The van der Waals surface area contributed by atoms with Crippen molar-refractivity contribution in [1.82, 2.24) is 0 Å². The molecule has 0 aliphatic rings. The smallest absolute Gasteiger partial charge is 0.311 e. The normalized spacial score (nSPS) is 10.6. The van der Waals surface area contributed by atoms with E-state index < -0.39 is 23.4 Å². The molecule has 0 amide bonds. The Morgan fingerprint density at radius 3 is 2.50 bits per heavy atom. The lowest BCUT2D eigenvalue weighted by atomic mass is 10.1. The minimum Gasteiger partial charge on any atom is -0.481 e. The van der Waals surface area contributed by atoms with Crippen LogP contribution in [0.3, 0.4) is 0 Å². The molecule has 0 saturated carbocycles. The quantitative estimate of drug-likeness (QED) is 0.859. The molecule has 2 aromatic rings. The van der Waals surface area contributed by atoms with Crippen LogP contribution in [-0.2, 0) is 11.2 Å². The van der Waals surface area contributed by atoms with Crippen molar-refractivity contribution in [2.75, 3.05) is 0 Å². The average molecular weight is 256 g/mol. The lowest BCUT2D eigenvalue weighted by Crippen LogP contribution is -1.98. The zero-order valence-electron chi connectivity index (χ0n) is 8.91. The van der Waals surface area contributed by atoms with Gasteiger partial charge in [-0.3, -0.25) is 4.79 Å². The van der Waals surface area contributed by atoms with Crippen LogP contribution in [0, 0.1) is 17.5 Å². The predicted molar refractivity (Wildman–Crippen MR) is 55.4 cm³/mol. The van der Waals surface area contributed by atoms with Crippen LogP contribution in [-0.4, -0.2) is 11.1 Å². The lowest BCUT2D eigenvalue weighted by molar-refractivity contribution is -0.136. The molecule has 0 fully saturated rings. The predicted octanol–water partition coefficient (Wildman–Crippen LogP) is 2.99. The van der Waals surface area contributed by atoms with Crippen molar-refractivity contribution < 1.29 is 27.5 Å². The summed E-state index contributed by atoms with van der Waals surface area (Å²) in [5.74, 6) is -5.32. The van der Waals surface area contributed by atoms with Crippen molar-refractivity contribution >= 4 is 5.97 Å². The third-order valence-corrected chi connectivity index (χ3v) is 2.29. The molecule has 18 heavy (non-hydrogen) atoms. The number of benzene rings is 1. The first kappa shape index (κ1) is 12.2. The van der Waals surface area contributed by atoms with E-state index in [1.807, 2.05) is 0 Å². The number of aliphatic carboxylic acids is 1. The summed E-state index contributed by atoms with van der Waals surface area (Å²) >= 11 is 0. The number of furan rings is 1. The molecule has 0 spiro atoms. The molecule has 0 radical (unpaired) electrons. The number of halogens is 3.